The van der Waals surface area contributed by atoms with Gasteiger partial charge in [0, 0.05) is 30.2 Å². The van der Waals surface area contributed by atoms with Crippen LogP contribution in [0.3, 0.4) is 0 Å². The first-order chi connectivity index (χ1) is 14.7. The Balaban J connectivity index is 1.44. The average molecular weight is 401 g/mol. The van der Waals surface area contributed by atoms with Gasteiger partial charge in [0.15, 0.2) is 5.69 Å². The fraction of sp³-hybridized carbons (Fsp3) is 0.261. The van der Waals surface area contributed by atoms with E-state index in [1.807, 2.05) is 53.6 Å². The second-order valence-electron chi connectivity index (χ2n) is 7.80. The lowest BCUT2D eigenvalue weighted by Gasteiger charge is -2.22. The quantitative estimate of drug-likeness (QED) is 0.490. The topological polar surface area (TPSA) is 86.9 Å². The molecule has 0 spiro atoms. The van der Waals surface area contributed by atoms with Crippen LogP contribution in [0.4, 0.5) is 0 Å². The lowest BCUT2D eigenvalue weighted by molar-refractivity contribution is 0.0730. The maximum Gasteiger partial charge on any atom is 0.275 e. The molecule has 0 unspecified atom stereocenters. The van der Waals surface area contributed by atoms with Crippen molar-refractivity contribution in [3.63, 3.8) is 0 Å². The van der Waals surface area contributed by atoms with E-state index < -0.39 is 0 Å². The number of ether oxygens (including phenoxy) is 1. The number of methoxy groups -OCH3 is 1. The SMILES string of the molecule is COc1cccc(CN(CC2CC2)C(=O)c2n[nH]c3cc(-c4cn[nH]c4)ccc23)c1. The van der Waals surface area contributed by atoms with E-state index in [9.17, 15) is 4.79 Å². The van der Waals surface area contributed by atoms with Crippen molar-refractivity contribution < 1.29 is 9.53 Å². The van der Waals surface area contributed by atoms with Crippen molar-refractivity contribution in [2.24, 2.45) is 5.92 Å². The molecule has 2 N–H and O–H groups in total. The number of fused-ring (bicyclic) bond motifs is 1. The summed E-state index contributed by atoms with van der Waals surface area (Å²) in [6.07, 6.45) is 5.97. The second kappa shape index (κ2) is 7.67. The van der Waals surface area contributed by atoms with Crippen LogP contribution in [0.1, 0.15) is 28.9 Å². The van der Waals surface area contributed by atoms with Crippen LogP contribution >= 0.6 is 0 Å². The van der Waals surface area contributed by atoms with Crippen molar-refractivity contribution in [1.82, 2.24) is 25.3 Å². The third-order valence-corrected chi connectivity index (χ3v) is 5.57. The first-order valence-corrected chi connectivity index (χ1v) is 10.1. The number of carbonyl (C=O) groups excluding carboxylic acids is 1. The van der Waals surface area contributed by atoms with Crippen LogP contribution in [0.2, 0.25) is 0 Å². The van der Waals surface area contributed by atoms with Gasteiger partial charge in [0.05, 0.1) is 18.8 Å². The molecule has 1 saturated carbocycles. The van der Waals surface area contributed by atoms with Gasteiger partial charge >= 0.3 is 0 Å². The molecule has 2 aromatic carbocycles. The van der Waals surface area contributed by atoms with Crippen LogP contribution < -0.4 is 4.74 Å². The normalized spacial score (nSPS) is 13.5. The fourth-order valence-electron chi connectivity index (χ4n) is 3.74. The minimum absolute atomic E-state index is 0.0490. The Labute approximate surface area is 174 Å². The number of carbonyl (C=O) groups is 1. The van der Waals surface area contributed by atoms with Gasteiger partial charge in [-0.2, -0.15) is 10.2 Å². The number of rotatable bonds is 7. The minimum Gasteiger partial charge on any atom is -0.497 e. The zero-order valence-electron chi connectivity index (χ0n) is 16.8. The zero-order valence-corrected chi connectivity index (χ0v) is 16.8. The summed E-state index contributed by atoms with van der Waals surface area (Å²) in [5.41, 5.74) is 4.36. The number of aromatic amines is 2. The van der Waals surface area contributed by atoms with Crippen molar-refractivity contribution in [1.29, 1.82) is 0 Å². The molecule has 0 aliphatic heterocycles. The second-order valence-corrected chi connectivity index (χ2v) is 7.80. The summed E-state index contributed by atoms with van der Waals surface area (Å²) in [7, 11) is 1.65. The highest BCUT2D eigenvalue weighted by Gasteiger charge is 2.29. The van der Waals surface area contributed by atoms with Crippen LogP contribution in [0, 0.1) is 5.92 Å². The van der Waals surface area contributed by atoms with Crippen LogP contribution in [-0.4, -0.2) is 44.9 Å². The van der Waals surface area contributed by atoms with Crippen LogP contribution in [0.15, 0.2) is 54.9 Å². The van der Waals surface area contributed by atoms with E-state index in [2.05, 4.69) is 20.4 Å². The minimum atomic E-state index is -0.0490. The zero-order chi connectivity index (χ0) is 20.5. The molecule has 0 saturated heterocycles. The van der Waals surface area contributed by atoms with Crippen molar-refractivity contribution in [2.75, 3.05) is 13.7 Å². The van der Waals surface area contributed by atoms with Crippen molar-refractivity contribution in [3.05, 3.63) is 66.1 Å². The Morgan fingerprint density at radius 3 is 2.87 bits per heavy atom. The average Bonchev–Trinajstić information content (AvgIpc) is 3.26. The lowest BCUT2D eigenvalue weighted by atomic mass is 10.1. The van der Waals surface area contributed by atoms with Crippen molar-refractivity contribution >= 4 is 16.8 Å². The molecule has 2 aromatic heterocycles. The van der Waals surface area contributed by atoms with E-state index in [0.29, 0.717) is 18.2 Å². The summed E-state index contributed by atoms with van der Waals surface area (Å²) >= 11 is 0. The highest BCUT2D eigenvalue weighted by atomic mass is 16.5. The number of aromatic nitrogens is 4. The summed E-state index contributed by atoms with van der Waals surface area (Å²) < 4.78 is 5.33. The van der Waals surface area contributed by atoms with Gasteiger partial charge in [0.2, 0.25) is 0 Å². The number of nitrogens with zero attached hydrogens (tertiary/aromatic N) is 3. The van der Waals surface area contributed by atoms with E-state index in [1.165, 1.54) is 12.8 Å². The summed E-state index contributed by atoms with van der Waals surface area (Å²) in [5.74, 6) is 1.33. The van der Waals surface area contributed by atoms with E-state index in [4.69, 9.17) is 4.74 Å². The van der Waals surface area contributed by atoms with Crippen LogP contribution in [-0.2, 0) is 6.54 Å². The van der Waals surface area contributed by atoms with Crippen LogP contribution in [0.25, 0.3) is 22.0 Å². The maximum atomic E-state index is 13.5. The molecule has 1 aliphatic carbocycles. The largest absolute Gasteiger partial charge is 0.497 e. The third-order valence-electron chi connectivity index (χ3n) is 5.57. The monoisotopic (exact) mass is 401 g/mol. The molecule has 7 nitrogen and oxygen atoms in total. The standard InChI is InChI=1S/C23H23N5O2/c1-30-19-4-2-3-16(9-19)14-28(13-15-5-6-15)23(29)22-20-8-7-17(10-21(20)26-27-22)18-11-24-25-12-18/h2-4,7-12,15H,5-6,13-14H2,1H3,(H,24,25)(H,26,27). The molecule has 30 heavy (non-hydrogen) atoms. The van der Waals surface area contributed by atoms with Crippen molar-refractivity contribution in [2.45, 2.75) is 19.4 Å². The molecular formula is C23H23N5O2. The number of hydrogen-bond donors (Lipinski definition) is 2. The Hall–Kier alpha value is -3.61. The number of amides is 1. The number of nitrogens with one attached hydrogen (secondary N) is 2. The Morgan fingerprint density at radius 1 is 1.20 bits per heavy atom. The summed E-state index contributed by atoms with van der Waals surface area (Å²) in [6, 6.07) is 13.8. The molecule has 1 fully saturated rings. The molecule has 5 rings (SSSR count). The summed E-state index contributed by atoms with van der Waals surface area (Å²) in [6.45, 7) is 1.28. The smallest absolute Gasteiger partial charge is 0.275 e. The first kappa shape index (κ1) is 18.4. The van der Waals surface area contributed by atoms with Crippen LogP contribution in [0.5, 0.6) is 5.75 Å². The Morgan fingerprint density at radius 2 is 2.10 bits per heavy atom. The third kappa shape index (κ3) is 3.66. The molecule has 4 aromatic rings. The van der Waals surface area contributed by atoms with Crippen molar-refractivity contribution in [3.8, 4) is 16.9 Å². The highest BCUT2D eigenvalue weighted by Crippen LogP contribution is 2.32. The van der Waals surface area contributed by atoms with Gasteiger partial charge in [0.1, 0.15) is 5.75 Å². The lowest BCUT2D eigenvalue weighted by Crippen LogP contribution is -2.32. The first-order valence-electron chi connectivity index (χ1n) is 10.1. The number of benzene rings is 2. The van der Waals surface area contributed by atoms with E-state index in [0.717, 1.165) is 39.9 Å². The van der Waals surface area contributed by atoms with E-state index in [1.54, 1.807) is 13.3 Å². The Bertz CT molecular complexity index is 1180. The van der Waals surface area contributed by atoms with Gasteiger partial charge < -0.3 is 9.64 Å². The highest BCUT2D eigenvalue weighted by molar-refractivity contribution is 6.05. The maximum absolute atomic E-state index is 13.5. The summed E-state index contributed by atoms with van der Waals surface area (Å²) in [5, 5.41) is 15.1. The molecule has 1 aliphatic rings. The number of hydrogen-bond acceptors (Lipinski definition) is 4. The van der Waals surface area contributed by atoms with Gasteiger partial charge in [-0.1, -0.05) is 18.2 Å². The molecule has 0 bridgehead atoms. The van der Waals surface area contributed by atoms with Gasteiger partial charge in [0.25, 0.3) is 5.91 Å². The van der Waals surface area contributed by atoms with Gasteiger partial charge in [-0.25, -0.2) is 0 Å². The molecule has 7 heteroatoms. The molecule has 0 radical (unpaired) electrons. The fourth-order valence-corrected chi connectivity index (χ4v) is 3.74. The molecule has 0 atom stereocenters. The molecule has 152 valence electrons. The summed E-state index contributed by atoms with van der Waals surface area (Å²) in [4.78, 5) is 15.4. The molecule has 1 amide bonds. The Kier molecular flexibility index (Phi) is 4.71. The molecular weight excluding hydrogens is 378 g/mol. The predicted octanol–water partition coefficient (Wildman–Crippen LogP) is 4.01. The number of H-pyrrole nitrogens is 2. The van der Waals surface area contributed by atoms with E-state index >= 15 is 0 Å². The van der Waals surface area contributed by atoms with Gasteiger partial charge in [-0.15, -0.1) is 0 Å². The van der Waals surface area contributed by atoms with Gasteiger partial charge in [-0.05, 0) is 54.2 Å². The van der Waals surface area contributed by atoms with Gasteiger partial charge in [-0.3, -0.25) is 15.0 Å². The predicted molar refractivity (Wildman–Crippen MR) is 114 cm³/mol. The van der Waals surface area contributed by atoms with E-state index in [-0.39, 0.29) is 5.91 Å². The molecule has 2 heterocycles.